The highest BCUT2D eigenvalue weighted by molar-refractivity contribution is 5.80. The lowest BCUT2D eigenvalue weighted by Crippen LogP contribution is -2.18. The maximum absolute atomic E-state index is 11.1. The number of aliphatic hydroxyl groups excluding tert-OH is 1. The van der Waals surface area contributed by atoms with Crippen molar-refractivity contribution in [1.82, 2.24) is 0 Å². The Morgan fingerprint density at radius 2 is 2.00 bits per heavy atom. The first-order valence-corrected chi connectivity index (χ1v) is 4.16. The van der Waals surface area contributed by atoms with Gasteiger partial charge in [-0.2, -0.15) is 0 Å². The number of hydrogen-bond donors (Lipinski definition) is 1. The third-order valence-corrected chi connectivity index (χ3v) is 1.23. The fourth-order valence-corrected chi connectivity index (χ4v) is 0.893. The number of carbonyl (C=O) groups is 1. The third-order valence-electron chi connectivity index (χ3n) is 1.23. The quantitative estimate of drug-likeness (QED) is 0.632. The van der Waals surface area contributed by atoms with E-state index in [2.05, 4.69) is 0 Å². The van der Waals surface area contributed by atoms with E-state index in [0.29, 0.717) is 6.42 Å². The van der Waals surface area contributed by atoms with Crippen molar-refractivity contribution in [2.45, 2.75) is 27.2 Å². The number of carbonyl (C=O) groups excluding carboxylic acids is 1. The molecule has 0 spiro atoms. The van der Waals surface area contributed by atoms with Gasteiger partial charge in [-0.25, -0.2) is 0 Å². The van der Waals surface area contributed by atoms with Crippen LogP contribution in [0.25, 0.3) is 0 Å². The second kappa shape index (κ2) is 5.27. The summed E-state index contributed by atoms with van der Waals surface area (Å²) in [4.78, 5) is 11.1. The zero-order valence-electron chi connectivity index (χ0n) is 8.09. The van der Waals surface area contributed by atoms with Crippen molar-refractivity contribution >= 4 is 5.78 Å². The molecule has 0 saturated carbocycles. The highest BCUT2D eigenvalue weighted by atomic mass is 16.5. The number of ether oxygens (including phenoxy) is 1. The van der Waals surface area contributed by atoms with Crippen molar-refractivity contribution in [1.29, 1.82) is 0 Å². The van der Waals surface area contributed by atoms with Gasteiger partial charge in [0.05, 0.1) is 13.2 Å². The van der Waals surface area contributed by atoms with Crippen LogP contribution in [0.2, 0.25) is 0 Å². The van der Waals surface area contributed by atoms with E-state index >= 15 is 0 Å². The van der Waals surface area contributed by atoms with Crippen LogP contribution in [0.5, 0.6) is 0 Å². The Morgan fingerprint density at radius 3 is 2.42 bits per heavy atom. The number of rotatable bonds is 5. The lowest BCUT2D eigenvalue weighted by Gasteiger charge is -2.16. The highest BCUT2D eigenvalue weighted by Gasteiger charge is 2.15. The van der Waals surface area contributed by atoms with Gasteiger partial charge in [-0.05, 0) is 5.41 Å². The molecule has 0 bridgehead atoms. The molecular formula is C9H18O3. The minimum atomic E-state index is -0.0250. The molecule has 0 saturated heterocycles. The summed E-state index contributed by atoms with van der Waals surface area (Å²) in [5.74, 6) is 0.0935. The van der Waals surface area contributed by atoms with Crippen LogP contribution >= 0.6 is 0 Å². The van der Waals surface area contributed by atoms with Crippen molar-refractivity contribution in [2.24, 2.45) is 5.41 Å². The molecule has 0 aromatic heterocycles. The Kier molecular flexibility index (Phi) is 5.09. The molecule has 0 rings (SSSR count). The largest absolute Gasteiger partial charge is 0.394 e. The van der Waals surface area contributed by atoms with E-state index in [0.717, 1.165) is 0 Å². The zero-order valence-corrected chi connectivity index (χ0v) is 8.09. The molecule has 0 aromatic carbocycles. The Labute approximate surface area is 73.7 Å². The molecule has 0 aliphatic heterocycles. The van der Waals surface area contributed by atoms with Crippen LogP contribution < -0.4 is 0 Å². The molecule has 3 heteroatoms. The van der Waals surface area contributed by atoms with E-state index in [9.17, 15) is 4.79 Å². The van der Waals surface area contributed by atoms with Crippen molar-refractivity contribution < 1.29 is 14.6 Å². The van der Waals surface area contributed by atoms with E-state index < -0.39 is 0 Å². The number of ketones is 1. The fourth-order valence-electron chi connectivity index (χ4n) is 0.893. The third kappa shape index (κ3) is 7.69. The number of aliphatic hydroxyl groups is 1. The Balaban J connectivity index is 3.47. The minimum absolute atomic E-state index is 0.0250. The van der Waals surface area contributed by atoms with Crippen molar-refractivity contribution in [3.8, 4) is 0 Å². The van der Waals surface area contributed by atoms with Crippen LogP contribution in [0.3, 0.4) is 0 Å². The van der Waals surface area contributed by atoms with E-state index in [1.54, 1.807) is 0 Å². The Bertz CT molecular complexity index is 135. The van der Waals surface area contributed by atoms with Gasteiger partial charge in [0, 0.05) is 6.42 Å². The molecule has 0 unspecified atom stereocenters. The molecule has 0 radical (unpaired) electrons. The average Bonchev–Trinajstić information content (AvgIpc) is 1.84. The molecule has 0 aliphatic carbocycles. The van der Waals surface area contributed by atoms with Crippen LogP contribution in [0.4, 0.5) is 0 Å². The topological polar surface area (TPSA) is 46.5 Å². The molecule has 3 nitrogen and oxygen atoms in total. The Morgan fingerprint density at radius 1 is 1.42 bits per heavy atom. The lowest BCUT2D eigenvalue weighted by molar-refractivity contribution is -0.125. The molecular weight excluding hydrogens is 156 g/mol. The lowest BCUT2D eigenvalue weighted by atomic mass is 9.90. The molecule has 0 heterocycles. The zero-order chi connectivity index (χ0) is 9.61. The van der Waals surface area contributed by atoms with E-state index in [4.69, 9.17) is 9.84 Å². The second-order valence-corrected chi connectivity index (χ2v) is 4.05. The second-order valence-electron chi connectivity index (χ2n) is 4.05. The van der Waals surface area contributed by atoms with Crippen LogP contribution in [0, 0.1) is 5.41 Å². The molecule has 12 heavy (non-hydrogen) atoms. The maximum Gasteiger partial charge on any atom is 0.158 e. The molecule has 0 aromatic rings. The van der Waals surface area contributed by atoms with Crippen LogP contribution in [-0.2, 0) is 9.53 Å². The van der Waals surface area contributed by atoms with Crippen molar-refractivity contribution in [2.75, 3.05) is 19.8 Å². The molecule has 0 atom stereocenters. The van der Waals surface area contributed by atoms with Crippen molar-refractivity contribution in [3.63, 3.8) is 0 Å². The first kappa shape index (κ1) is 11.6. The van der Waals surface area contributed by atoms with Gasteiger partial charge < -0.3 is 9.84 Å². The van der Waals surface area contributed by atoms with E-state index in [-0.39, 0.29) is 31.0 Å². The van der Waals surface area contributed by atoms with Crippen molar-refractivity contribution in [3.05, 3.63) is 0 Å². The normalized spacial score (nSPS) is 11.7. The minimum Gasteiger partial charge on any atom is -0.394 e. The fraction of sp³-hybridized carbons (Fsp3) is 0.889. The van der Waals surface area contributed by atoms with Gasteiger partial charge in [0.25, 0.3) is 0 Å². The summed E-state index contributed by atoms with van der Waals surface area (Å²) in [6.45, 7) is 6.38. The highest BCUT2D eigenvalue weighted by Crippen LogP contribution is 2.18. The maximum atomic E-state index is 11.1. The first-order valence-electron chi connectivity index (χ1n) is 4.16. The van der Waals surface area contributed by atoms with Gasteiger partial charge in [0.15, 0.2) is 5.78 Å². The SMILES string of the molecule is CC(C)(C)CC(=O)COCCO. The van der Waals surface area contributed by atoms with Gasteiger partial charge in [-0.1, -0.05) is 20.8 Å². The molecule has 0 amide bonds. The molecule has 1 N–H and O–H groups in total. The van der Waals surface area contributed by atoms with Gasteiger partial charge in [0.1, 0.15) is 6.61 Å². The number of Topliss-reactive ketones (excluding diaryl/α,β-unsaturated/α-hetero) is 1. The standard InChI is InChI=1S/C9H18O3/c1-9(2,3)6-8(11)7-12-5-4-10/h10H,4-7H2,1-3H3. The van der Waals surface area contributed by atoms with E-state index in [1.165, 1.54) is 0 Å². The van der Waals surface area contributed by atoms with Gasteiger partial charge in [-0.3, -0.25) is 4.79 Å². The van der Waals surface area contributed by atoms with Gasteiger partial charge >= 0.3 is 0 Å². The van der Waals surface area contributed by atoms with Crippen LogP contribution in [0.1, 0.15) is 27.2 Å². The smallest absolute Gasteiger partial charge is 0.158 e. The predicted octanol–water partition coefficient (Wildman–Crippen LogP) is 1.00. The average molecular weight is 174 g/mol. The summed E-state index contributed by atoms with van der Waals surface area (Å²) in [7, 11) is 0. The molecule has 0 aliphatic rings. The summed E-state index contributed by atoms with van der Waals surface area (Å²) in [6.07, 6.45) is 0.526. The summed E-state index contributed by atoms with van der Waals surface area (Å²) in [5, 5.41) is 8.38. The van der Waals surface area contributed by atoms with Gasteiger partial charge in [-0.15, -0.1) is 0 Å². The summed E-state index contributed by atoms with van der Waals surface area (Å²) in [5.41, 5.74) is 0.0274. The molecule has 0 fully saturated rings. The summed E-state index contributed by atoms with van der Waals surface area (Å²) >= 11 is 0. The predicted molar refractivity (Wildman–Crippen MR) is 47.0 cm³/mol. The van der Waals surface area contributed by atoms with Crippen LogP contribution in [0.15, 0.2) is 0 Å². The summed E-state index contributed by atoms with van der Waals surface area (Å²) < 4.78 is 4.89. The van der Waals surface area contributed by atoms with Gasteiger partial charge in [0.2, 0.25) is 0 Å². The monoisotopic (exact) mass is 174 g/mol. The summed E-state index contributed by atoms with van der Waals surface area (Å²) in [6, 6.07) is 0. The number of hydrogen-bond acceptors (Lipinski definition) is 3. The van der Waals surface area contributed by atoms with E-state index in [1.807, 2.05) is 20.8 Å². The van der Waals surface area contributed by atoms with Crippen LogP contribution in [-0.4, -0.2) is 30.7 Å². The Hall–Kier alpha value is -0.410. The first-order chi connectivity index (χ1) is 5.45. The molecule has 72 valence electrons.